The first-order valence-corrected chi connectivity index (χ1v) is 8.93. The van der Waals surface area contributed by atoms with E-state index in [1.54, 1.807) is 17.4 Å². The molecule has 0 saturated heterocycles. The molecule has 3 rings (SSSR count). The molecule has 0 aliphatic carbocycles. The van der Waals surface area contributed by atoms with Crippen LogP contribution >= 0.6 is 11.3 Å². The van der Waals surface area contributed by atoms with Crippen LogP contribution in [0.25, 0.3) is 16.5 Å². The van der Waals surface area contributed by atoms with Crippen molar-refractivity contribution in [1.82, 2.24) is 0 Å². The molecule has 1 heterocycles. The maximum absolute atomic E-state index is 12.0. The van der Waals surface area contributed by atoms with E-state index in [0.29, 0.717) is 6.61 Å². The Kier molecular flexibility index (Phi) is 5.65. The smallest absolute Gasteiger partial charge is 0.248 e. The van der Waals surface area contributed by atoms with Gasteiger partial charge in [-0.15, -0.1) is 11.3 Å². The lowest BCUT2D eigenvalue weighted by molar-refractivity contribution is -0.111. The molecule has 0 spiro atoms. The molecule has 2 aromatic carbocycles. The third-order valence-electron chi connectivity index (χ3n) is 3.52. The maximum atomic E-state index is 12.0. The number of nitrogens with one attached hydrogen (secondary N) is 1. The number of hydrogen-bond acceptors (Lipinski definition) is 3. The highest BCUT2D eigenvalue weighted by atomic mass is 32.1. The van der Waals surface area contributed by atoms with Gasteiger partial charge in [-0.2, -0.15) is 0 Å². The molecular weight excluding hydrogens is 330 g/mol. The number of amides is 1. The van der Waals surface area contributed by atoms with Gasteiger partial charge in [-0.25, -0.2) is 0 Å². The fourth-order valence-electron chi connectivity index (χ4n) is 2.34. The molecule has 3 aromatic rings. The number of rotatable bonds is 6. The Bertz CT molecular complexity index is 851. The summed E-state index contributed by atoms with van der Waals surface area (Å²) in [5.74, 6) is 0.641. The monoisotopic (exact) mass is 349 g/mol. The van der Waals surface area contributed by atoms with Crippen molar-refractivity contribution in [2.24, 2.45) is 0 Å². The lowest BCUT2D eigenvalue weighted by Crippen LogP contribution is -2.07. The number of carbonyl (C=O) groups is 1. The summed E-state index contributed by atoms with van der Waals surface area (Å²) >= 11 is 1.66. The molecular formula is C21H19NO2S. The van der Waals surface area contributed by atoms with E-state index < -0.39 is 0 Å². The van der Waals surface area contributed by atoms with Gasteiger partial charge in [0.15, 0.2) is 0 Å². The standard InChI is InChI=1S/C21H19NO2S/c1-2-24-18-10-8-17(9-11-18)22-21(23)15-13-19-12-14-20(25-19)16-6-4-3-5-7-16/h3-15H,2H2,1H3,(H,22,23)/b15-13+. The summed E-state index contributed by atoms with van der Waals surface area (Å²) in [5, 5.41) is 2.84. The van der Waals surface area contributed by atoms with Crippen LogP contribution in [0.4, 0.5) is 5.69 Å². The predicted molar refractivity (Wildman–Crippen MR) is 105 cm³/mol. The average Bonchev–Trinajstić information content (AvgIpc) is 3.12. The maximum Gasteiger partial charge on any atom is 0.248 e. The van der Waals surface area contributed by atoms with Crippen molar-refractivity contribution < 1.29 is 9.53 Å². The molecule has 4 heteroatoms. The van der Waals surface area contributed by atoms with Crippen LogP contribution < -0.4 is 10.1 Å². The molecule has 126 valence electrons. The Hall–Kier alpha value is -2.85. The van der Waals surface area contributed by atoms with Gasteiger partial charge in [0.2, 0.25) is 5.91 Å². The lowest BCUT2D eigenvalue weighted by Gasteiger charge is -2.05. The number of benzene rings is 2. The van der Waals surface area contributed by atoms with Gasteiger partial charge in [0.25, 0.3) is 0 Å². The molecule has 1 amide bonds. The third kappa shape index (κ3) is 4.81. The highest BCUT2D eigenvalue weighted by Crippen LogP contribution is 2.28. The first kappa shape index (κ1) is 17.0. The number of ether oxygens (including phenoxy) is 1. The van der Waals surface area contributed by atoms with Crippen LogP contribution in [0.15, 0.2) is 72.8 Å². The molecule has 0 aliphatic heterocycles. The van der Waals surface area contributed by atoms with Crippen molar-refractivity contribution in [2.45, 2.75) is 6.92 Å². The molecule has 0 unspecified atom stereocenters. The quantitative estimate of drug-likeness (QED) is 0.600. The van der Waals surface area contributed by atoms with E-state index in [2.05, 4.69) is 23.5 Å². The molecule has 0 fully saturated rings. The fourth-order valence-corrected chi connectivity index (χ4v) is 3.26. The summed E-state index contributed by atoms with van der Waals surface area (Å²) in [4.78, 5) is 14.3. The largest absolute Gasteiger partial charge is 0.494 e. The number of thiophene rings is 1. The van der Waals surface area contributed by atoms with E-state index in [-0.39, 0.29) is 5.91 Å². The van der Waals surface area contributed by atoms with Crippen LogP contribution in [0.1, 0.15) is 11.8 Å². The lowest BCUT2D eigenvalue weighted by atomic mass is 10.2. The van der Waals surface area contributed by atoms with Crippen LogP contribution in [0.3, 0.4) is 0 Å². The average molecular weight is 349 g/mol. The Morgan fingerprint density at radius 1 is 1.04 bits per heavy atom. The Labute approximate surface area is 151 Å². The molecule has 3 nitrogen and oxygen atoms in total. The summed E-state index contributed by atoms with van der Waals surface area (Å²) in [6.07, 6.45) is 3.39. The van der Waals surface area contributed by atoms with Crippen LogP contribution in [0.2, 0.25) is 0 Å². The molecule has 0 aliphatic rings. The fraction of sp³-hybridized carbons (Fsp3) is 0.0952. The van der Waals surface area contributed by atoms with E-state index in [1.807, 2.05) is 61.5 Å². The Morgan fingerprint density at radius 3 is 2.52 bits per heavy atom. The van der Waals surface area contributed by atoms with Gasteiger partial charge in [0.05, 0.1) is 6.61 Å². The van der Waals surface area contributed by atoms with Crippen LogP contribution in [-0.2, 0) is 4.79 Å². The van der Waals surface area contributed by atoms with Gasteiger partial charge in [0.1, 0.15) is 5.75 Å². The van der Waals surface area contributed by atoms with E-state index in [1.165, 1.54) is 10.4 Å². The predicted octanol–water partition coefficient (Wildman–Crippen LogP) is 5.47. The van der Waals surface area contributed by atoms with Crippen molar-refractivity contribution in [1.29, 1.82) is 0 Å². The van der Waals surface area contributed by atoms with Crippen molar-refractivity contribution in [2.75, 3.05) is 11.9 Å². The number of anilines is 1. The zero-order chi connectivity index (χ0) is 17.5. The summed E-state index contributed by atoms with van der Waals surface area (Å²) in [6.45, 7) is 2.56. The highest BCUT2D eigenvalue weighted by Gasteiger charge is 2.02. The summed E-state index contributed by atoms with van der Waals surface area (Å²) in [7, 11) is 0. The van der Waals surface area contributed by atoms with Crippen molar-refractivity contribution in [3.05, 3.63) is 77.7 Å². The topological polar surface area (TPSA) is 38.3 Å². The van der Waals surface area contributed by atoms with Gasteiger partial charge in [0, 0.05) is 21.5 Å². The first-order valence-electron chi connectivity index (χ1n) is 8.12. The first-order chi connectivity index (χ1) is 12.2. The van der Waals surface area contributed by atoms with Crippen LogP contribution in [0.5, 0.6) is 5.75 Å². The molecule has 0 atom stereocenters. The van der Waals surface area contributed by atoms with Gasteiger partial charge < -0.3 is 10.1 Å². The minimum Gasteiger partial charge on any atom is -0.494 e. The normalized spacial score (nSPS) is 10.8. The molecule has 1 N–H and O–H groups in total. The summed E-state index contributed by atoms with van der Waals surface area (Å²) in [5.41, 5.74) is 1.93. The Morgan fingerprint density at radius 2 is 1.80 bits per heavy atom. The van der Waals surface area contributed by atoms with Crippen molar-refractivity contribution in [3.8, 4) is 16.2 Å². The third-order valence-corrected chi connectivity index (χ3v) is 4.62. The molecule has 0 radical (unpaired) electrons. The van der Waals surface area contributed by atoms with Gasteiger partial charge in [-0.1, -0.05) is 30.3 Å². The highest BCUT2D eigenvalue weighted by molar-refractivity contribution is 7.16. The zero-order valence-corrected chi connectivity index (χ0v) is 14.8. The second-order valence-electron chi connectivity index (χ2n) is 5.35. The van der Waals surface area contributed by atoms with E-state index in [9.17, 15) is 4.79 Å². The number of carbonyl (C=O) groups excluding carboxylic acids is 1. The second kappa shape index (κ2) is 8.31. The van der Waals surface area contributed by atoms with E-state index in [0.717, 1.165) is 16.3 Å². The molecule has 0 bridgehead atoms. The zero-order valence-electron chi connectivity index (χ0n) is 13.9. The molecule has 1 aromatic heterocycles. The van der Waals surface area contributed by atoms with Gasteiger partial charge in [-0.05, 0) is 55.0 Å². The van der Waals surface area contributed by atoms with Crippen molar-refractivity contribution in [3.63, 3.8) is 0 Å². The Balaban J connectivity index is 1.60. The van der Waals surface area contributed by atoms with Gasteiger partial charge in [-0.3, -0.25) is 4.79 Å². The summed E-state index contributed by atoms with van der Waals surface area (Å²) < 4.78 is 5.38. The van der Waals surface area contributed by atoms with E-state index >= 15 is 0 Å². The molecule has 25 heavy (non-hydrogen) atoms. The van der Waals surface area contributed by atoms with Gasteiger partial charge >= 0.3 is 0 Å². The van der Waals surface area contributed by atoms with Crippen molar-refractivity contribution >= 4 is 29.0 Å². The van der Waals surface area contributed by atoms with Crippen LogP contribution in [-0.4, -0.2) is 12.5 Å². The van der Waals surface area contributed by atoms with Crippen LogP contribution in [0, 0.1) is 0 Å². The second-order valence-corrected chi connectivity index (χ2v) is 6.46. The number of hydrogen-bond donors (Lipinski definition) is 1. The molecule has 0 saturated carbocycles. The van der Waals surface area contributed by atoms with E-state index in [4.69, 9.17) is 4.74 Å². The minimum atomic E-state index is -0.154. The minimum absolute atomic E-state index is 0.154. The SMILES string of the molecule is CCOc1ccc(NC(=O)/C=C/c2ccc(-c3ccccc3)s2)cc1. The summed E-state index contributed by atoms with van der Waals surface area (Å²) in [6, 6.07) is 21.6.